The molecule has 0 unspecified atom stereocenters. The summed E-state index contributed by atoms with van der Waals surface area (Å²) in [5.74, 6) is -0.816. The maximum atomic E-state index is 15.0. The molecule has 1 aliphatic rings. The van der Waals surface area contributed by atoms with Crippen LogP contribution in [0, 0.1) is 35.3 Å². The molecule has 202 valence electrons. The van der Waals surface area contributed by atoms with Gasteiger partial charge in [-0.15, -0.1) is 0 Å². The van der Waals surface area contributed by atoms with Gasteiger partial charge in [-0.25, -0.2) is 8.96 Å². The van der Waals surface area contributed by atoms with Crippen LogP contribution in [0.25, 0.3) is 44.3 Å². The first-order valence-corrected chi connectivity index (χ1v) is 13.9. The molecule has 0 amide bonds. The topological polar surface area (TPSA) is 40.8 Å². The first-order chi connectivity index (χ1) is 20.7. The Balaban J connectivity index is 1.44. The number of aryl methyl sites for hydroxylation is 2. The van der Waals surface area contributed by atoms with Crippen molar-refractivity contribution in [2.45, 2.75) is 59.2 Å². The Kier molecular flexibility index (Phi) is 5.39. The molecule has 2 aromatic heterocycles. The lowest BCUT2D eigenvalue weighted by atomic mass is 9.68. The third-order valence-corrected chi connectivity index (χ3v) is 8.68. The highest BCUT2D eigenvalue weighted by molar-refractivity contribution is 6.13. The van der Waals surface area contributed by atoms with Crippen molar-refractivity contribution in [1.29, 1.82) is 5.26 Å². The van der Waals surface area contributed by atoms with E-state index < -0.39 is 18.6 Å². The fraction of sp³-hybridized carbons (Fsp3) is 0.333. The van der Waals surface area contributed by atoms with Gasteiger partial charge in [0.2, 0.25) is 5.69 Å². The van der Waals surface area contributed by atoms with Crippen molar-refractivity contribution in [3.63, 3.8) is 0 Å². The monoisotopic (exact) mass is 535 g/mol. The highest BCUT2D eigenvalue weighted by Gasteiger charge is 2.30. The Bertz CT molecular complexity index is 1940. The summed E-state index contributed by atoms with van der Waals surface area (Å²) in [5, 5.41) is 11.7. The van der Waals surface area contributed by atoms with Crippen molar-refractivity contribution in [3.8, 4) is 28.5 Å². The third kappa shape index (κ3) is 4.48. The van der Waals surface area contributed by atoms with E-state index in [1.807, 2.05) is 48.5 Å². The first kappa shape index (κ1) is 21.8. The lowest BCUT2D eigenvalue weighted by Crippen LogP contribution is -2.31. The van der Waals surface area contributed by atoms with E-state index in [-0.39, 0.29) is 11.0 Å². The summed E-state index contributed by atoms with van der Waals surface area (Å²) in [6.07, 6.45) is 5.02. The molecule has 5 aromatic rings. The summed E-state index contributed by atoms with van der Waals surface area (Å²) in [7, 11) is 1.68. The number of hydrogen-bond donors (Lipinski definition) is 0. The van der Waals surface area contributed by atoms with Crippen LogP contribution in [0.3, 0.4) is 0 Å². The lowest BCUT2D eigenvalue weighted by molar-refractivity contribution is -0.660. The van der Waals surface area contributed by atoms with Gasteiger partial charge in [0.1, 0.15) is 24.0 Å². The number of nitriles is 1. The van der Waals surface area contributed by atoms with Crippen molar-refractivity contribution in [1.82, 2.24) is 0 Å². The molecule has 2 heterocycles. The molecule has 0 aliphatic heterocycles. The fourth-order valence-corrected chi connectivity index (χ4v) is 6.33. The van der Waals surface area contributed by atoms with Crippen LogP contribution in [0.2, 0.25) is 0 Å². The van der Waals surface area contributed by atoms with Crippen LogP contribution in [0.15, 0.2) is 71.3 Å². The highest BCUT2D eigenvalue weighted by Crippen LogP contribution is 2.44. The van der Waals surface area contributed by atoms with Crippen LogP contribution in [0.4, 0.5) is 4.39 Å². The zero-order chi connectivity index (χ0) is 31.6. The SMILES string of the molecule is [2H]C([2H])([2H])c1c[n+](C)c(-c2cccc3c2oc2c(-c4ccc(C5([2H])CCC(C(C)(C)C)CC5)cc4)c(C#N)ccc23)cc1F. The Morgan fingerprint density at radius 3 is 2.40 bits per heavy atom. The number of hydrogen-bond acceptors (Lipinski definition) is 2. The quantitative estimate of drug-likeness (QED) is 0.216. The minimum Gasteiger partial charge on any atom is -0.454 e. The summed E-state index contributed by atoms with van der Waals surface area (Å²) in [4.78, 5) is 0. The average Bonchev–Trinajstić information content (AvgIpc) is 3.36. The maximum Gasteiger partial charge on any atom is 0.219 e. The predicted molar refractivity (Wildman–Crippen MR) is 159 cm³/mol. The number of furan rings is 1. The van der Waals surface area contributed by atoms with Gasteiger partial charge >= 0.3 is 0 Å². The molecule has 0 bridgehead atoms. The molecule has 1 fully saturated rings. The molecular formula is C36H36FN2O+. The first-order valence-electron chi connectivity index (χ1n) is 15.9. The van der Waals surface area contributed by atoms with E-state index in [0.717, 1.165) is 47.6 Å². The Labute approximate surface area is 241 Å². The van der Waals surface area contributed by atoms with Crippen molar-refractivity contribution < 1.29 is 18.9 Å². The number of nitrogens with zero attached hydrogens (tertiary/aromatic N) is 2. The van der Waals surface area contributed by atoms with E-state index in [2.05, 4.69) is 26.8 Å². The van der Waals surface area contributed by atoms with Gasteiger partial charge in [-0.05, 0) is 79.1 Å². The zero-order valence-corrected chi connectivity index (χ0v) is 23.4. The second-order valence-corrected chi connectivity index (χ2v) is 12.1. The van der Waals surface area contributed by atoms with Crippen LogP contribution >= 0.6 is 0 Å². The second-order valence-electron chi connectivity index (χ2n) is 12.1. The largest absolute Gasteiger partial charge is 0.454 e. The van der Waals surface area contributed by atoms with Crippen molar-refractivity contribution in [2.24, 2.45) is 18.4 Å². The van der Waals surface area contributed by atoms with E-state index in [1.165, 1.54) is 12.3 Å². The van der Waals surface area contributed by atoms with E-state index >= 15 is 4.39 Å². The molecule has 6 rings (SSSR count). The van der Waals surface area contributed by atoms with Gasteiger partial charge in [0.15, 0.2) is 6.20 Å². The molecule has 1 saturated carbocycles. The molecule has 0 spiro atoms. The van der Waals surface area contributed by atoms with E-state index in [9.17, 15) is 6.63 Å². The highest BCUT2D eigenvalue weighted by atomic mass is 19.1. The molecule has 0 radical (unpaired) electrons. The molecule has 3 aromatic carbocycles. The summed E-state index contributed by atoms with van der Waals surface area (Å²) in [6.45, 7) is 4.28. The van der Waals surface area contributed by atoms with Gasteiger partial charge in [0.25, 0.3) is 0 Å². The second kappa shape index (κ2) is 9.89. The molecule has 3 nitrogen and oxygen atoms in total. The normalized spacial score (nSPS) is 21.4. The van der Waals surface area contributed by atoms with Crippen molar-refractivity contribution in [3.05, 3.63) is 89.4 Å². The van der Waals surface area contributed by atoms with Gasteiger partial charge < -0.3 is 4.42 Å². The van der Waals surface area contributed by atoms with E-state index in [0.29, 0.717) is 39.5 Å². The summed E-state index contributed by atoms with van der Waals surface area (Å²) < 4.78 is 55.4. The van der Waals surface area contributed by atoms with Gasteiger partial charge in [0, 0.05) is 33.4 Å². The smallest absolute Gasteiger partial charge is 0.219 e. The number of pyridine rings is 1. The summed E-state index contributed by atoms with van der Waals surface area (Å²) >= 11 is 0. The van der Waals surface area contributed by atoms with Crippen LogP contribution in [0.1, 0.15) is 74.5 Å². The fourth-order valence-electron chi connectivity index (χ4n) is 6.33. The molecule has 1 aliphatic carbocycles. The number of halogens is 1. The Morgan fingerprint density at radius 1 is 1.00 bits per heavy atom. The van der Waals surface area contributed by atoms with E-state index in [1.54, 1.807) is 17.7 Å². The predicted octanol–water partition coefficient (Wildman–Crippen LogP) is 9.38. The van der Waals surface area contributed by atoms with Crippen molar-refractivity contribution in [2.75, 3.05) is 0 Å². The van der Waals surface area contributed by atoms with Gasteiger partial charge in [0.05, 0.1) is 17.2 Å². The maximum absolute atomic E-state index is 15.0. The van der Waals surface area contributed by atoms with Gasteiger partial charge in [-0.3, -0.25) is 0 Å². The summed E-state index contributed by atoms with van der Waals surface area (Å²) in [5.41, 5.74) is 4.99. The van der Waals surface area contributed by atoms with E-state index in [4.69, 9.17) is 8.53 Å². The Hall–Kier alpha value is -3.97. The van der Waals surface area contributed by atoms with Crippen molar-refractivity contribution >= 4 is 21.9 Å². The zero-order valence-electron chi connectivity index (χ0n) is 27.4. The third-order valence-electron chi connectivity index (χ3n) is 8.68. The molecule has 4 heteroatoms. The average molecular weight is 536 g/mol. The van der Waals surface area contributed by atoms with Crippen LogP contribution in [0.5, 0.6) is 0 Å². The van der Waals surface area contributed by atoms with Crippen LogP contribution in [-0.2, 0) is 7.05 Å². The minimum absolute atomic E-state index is 0.247. The molecule has 0 atom stereocenters. The lowest BCUT2D eigenvalue weighted by Gasteiger charge is -2.37. The molecule has 0 N–H and O–H groups in total. The van der Waals surface area contributed by atoms with Crippen LogP contribution < -0.4 is 4.57 Å². The molecule has 40 heavy (non-hydrogen) atoms. The number of fused-ring (bicyclic) bond motifs is 3. The standard InChI is InChI=1S/C36H36FN2O/c1-22-21-39(5)32(19-31(22)37)30-8-6-7-28-29-18-15-26(20-38)33(35(29)40-34(28)30)25-11-9-23(10-12-25)24-13-16-27(17-14-24)36(2,3)4/h6-12,15,18-19,21,24,27H,13-14,16-17H2,1-5H3/q+1/i1D3,24D. The number of rotatable bonds is 3. The molecular weight excluding hydrogens is 495 g/mol. The Morgan fingerprint density at radius 2 is 1.73 bits per heavy atom. The van der Waals surface area contributed by atoms with Crippen LogP contribution in [-0.4, -0.2) is 0 Å². The number of para-hydroxylation sites is 1. The van der Waals surface area contributed by atoms with Gasteiger partial charge in [-0.1, -0.05) is 57.2 Å². The summed E-state index contributed by atoms with van der Waals surface area (Å²) in [6, 6.07) is 20.8. The minimum atomic E-state index is -2.57. The van der Waals surface area contributed by atoms with Gasteiger partial charge in [-0.2, -0.15) is 5.26 Å². The molecule has 0 saturated heterocycles. The number of benzene rings is 3. The number of aromatic nitrogens is 1.